The van der Waals surface area contributed by atoms with E-state index in [1.54, 1.807) is 0 Å². The third-order valence-corrected chi connectivity index (χ3v) is 0. The first-order chi connectivity index (χ1) is 1.00. The minimum atomic E-state index is 0. The molecule has 0 aliphatic rings. The van der Waals surface area contributed by atoms with Crippen molar-refractivity contribution in [2.24, 2.45) is 0 Å². The minimum absolute atomic E-state index is 0. The summed E-state index contributed by atoms with van der Waals surface area (Å²) < 4.78 is 6.62. The Labute approximate surface area is 50.8 Å². The predicted molar refractivity (Wildman–Crippen MR) is 12.6 cm³/mol. The van der Waals surface area contributed by atoms with E-state index in [0.29, 0.717) is 0 Å². The van der Waals surface area contributed by atoms with Gasteiger partial charge in [0, 0.05) is 17.1 Å². The number of rotatable bonds is 0. The monoisotopic (exact) mass is 164 g/mol. The molecule has 0 rings (SSSR count). The third-order valence-electron chi connectivity index (χ3n) is 0. The molecule has 1 N–H and O–H groups in total. The Kier molecular flexibility index (Phi) is 126. The summed E-state index contributed by atoms with van der Waals surface area (Å²) in [6.07, 6.45) is 0. The van der Waals surface area contributed by atoms with E-state index in [4.69, 9.17) is 4.25 Å². The zero-order valence-corrected chi connectivity index (χ0v) is 4.81. The molecule has 0 aromatic heterocycles. The second-order valence-corrected chi connectivity index (χ2v) is 0. The zero-order valence-electron chi connectivity index (χ0n) is 1.64. The fourth-order valence-corrected chi connectivity index (χ4v) is 0. The standard InChI is InChI=1S/Mn.Ni.H2O.H2S/h;;2*1H2/q;+1;;/p-1. The summed E-state index contributed by atoms with van der Waals surface area (Å²) in [5.41, 5.74) is 0. The van der Waals surface area contributed by atoms with Gasteiger partial charge in [0.25, 0.3) is 0 Å². The van der Waals surface area contributed by atoms with Crippen molar-refractivity contribution in [3.63, 3.8) is 0 Å². The fourth-order valence-electron chi connectivity index (χ4n) is 0. The zero-order chi connectivity index (χ0) is 2.00. The molecule has 0 spiro atoms. The molecule has 0 aromatic rings. The Morgan fingerprint density at radius 3 is 1.25 bits per heavy atom. The van der Waals surface area contributed by atoms with E-state index in [2.05, 4.69) is 15.8 Å². The van der Waals surface area contributed by atoms with Crippen LogP contribution in [0, 0.1) is 0 Å². The molecule has 0 atom stereocenters. The summed E-state index contributed by atoms with van der Waals surface area (Å²) in [4.78, 5) is 0. The van der Waals surface area contributed by atoms with Crippen molar-refractivity contribution in [2.45, 2.75) is 0 Å². The Balaban J connectivity index is -0.00000000500. The summed E-state index contributed by atoms with van der Waals surface area (Å²) in [7, 11) is 0. The quantitative estimate of drug-likeness (QED) is 0.481. The second kappa shape index (κ2) is 27.3. The van der Waals surface area contributed by atoms with Crippen LogP contribution in [-0.4, -0.2) is 4.25 Å². The molecule has 4 heavy (non-hydrogen) atoms. The second-order valence-electron chi connectivity index (χ2n) is 0. The first-order valence-corrected chi connectivity index (χ1v) is 0.583. The van der Waals surface area contributed by atoms with E-state index in [1.807, 2.05) is 0 Å². The van der Waals surface area contributed by atoms with Gasteiger partial charge in [-0.2, -0.15) is 13.5 Å². The van der Waals surface area contributed by atoms with Crippen molar-refractivity contribution < 1.29 is 37.1 Å². The van der Waals surface area contributed by atoms with Gasteiger partial charge in [0.2, 0.25) is 0 Å². The SMILES string of the molecule is S.[Mn].[OH][Ni]. The fraction of sp³-hybridized carbons (Fsp3) is 0. The molecule has 0 aliphatic heterocycles. The van der Waals surface area contributed by atoms with Crippen molar-refractivity contribution in [3.05, 3.63) is 0 Å². The molecule has 0 bridgehead atoms. The predicted octanol–water partition coefficient (Wildman–Crippen LogP) is -0.449. The van der Waals surface area contributed by atoms with Crippen LogP contribution in [0.3, 0.4) is 0 Å². The van der Waals surface area contributed by atoms with Crippen LogP contribution in [0.2, 0.25) is 0 Å². The maximum absolute atomic E-state index is 6.62. The van der Waals surface area contributed by atoms with Crippen LogP contribution < -0.4 is 0 Å². The van der Waals surface area contributed by atoms with E-state index in [-0.39, 0.29) is 30.6 Å². The normalized spacial score (nSPS) is 1.75. The van der Waals surface area contributed by atoms with Crippen LogP contribution in [0.4, 0.5) is 0 Å². The van der Waals surface area contributed by atoms with Crippen LogP contribution in [0.1, 0.15) is 0 Å². The topological polar surface area (TPSA) is 20.2 Å². The Hall–Kier alpha value is 1.32. The van der Waals surface area contributed by atoms with E-state index in [0.717, 1.165) is 0 Å². The first kappa shape index (κ1) is 18.4. The van der Waals surface area contributed by atoms with Crippen LogP contribution in [0.15, 0.2) is 0 Å². The van der Waals surface area contributed by atoms with Crippen LogP contribution >= 0.6 is 13.5 Å². The van der Waals surface area contributed by atoms with Gasteiger partial charge >= 0.3 is 20.0 Å². The van der Waals surface area contributed by atoms with Crippen LogP contribution in [-0.2, 0) is 32.9 Å². The van der Waals surface area contributed by atoms with Gasteiger partial charge in [-0.25, -0.2) is 0 Å². The van der Waals surface area contributed by atoms with E-state index in [1.165, 1.54) is 0 Å². The van der Waals surface area contributed by atoms with Crippen LogP contribution in [0.25, 0.3) is 0 Å². The average Bonchev–Trinajstić information content (AvgIpc) is 1.00. The molecule has 4 heteroatoms. The molecule has 1 radical (unpaired) electrons. The Bertz CT molecular complexity index is 8.00. The molecular weight excluding hydrogens is 162 g/mol. The Morgan fingerprint density at radius 1 is 1.25 bits per heavy atom. The molecule has 0 aliphatic carbocycles. The van der Waals surface area contributed by atoms with Gasteiger partial charge in [-0.15, -0.1) is 0 Å². The maximum atomic E-state index is 6.62. The molecule has 0 fully saturated rings. The van der Waals surface area contributed by atoms with Gasteiger partial charge in [-0.05, 0) is 0 Å². The molecule has 0 aromatic carbocycles. The summed E-state index contributed by atoms with van der Waals surface area (Å²) in [5.74, 6) is 0. The molecule has 0 amide bonds. The van der Waals surface area contributed by atoms with Gasteiger partial charge < -0.3 is 0 Å². The number of hydrogen-bond acceptors (Lipinski definition) is 1. The Morgan fingerprint density at radius 2 is 1.25 bits per heavy atom. The van der Waals surface area contributed by atoms with Gasteiger partial charge in [0.15, 0.2) is 0 Å². The van der Waals surface area contributed by atoms with E-state index in [9.17, 15) is 0 Å². The molecule has 1 nitrogen and oxygen atoms in total. The average molecular weight is 165 g/mol. The van der Waals surface area contributed by atoms with Gasteiger partial charge in [0.1, 0.15) is 0 Å². The molecule has 0 saturated heterocycles. The molecule has 0 unspecified atom stereocenters. The molecule has 0 heterocycles. The van der Waals surface area contributed by atoms with Crippen molar-refractivity contribution >= 4 is 13.5 Å². The summed E-state index contributed by atoms with van der Waals surface area (Å²) in [6, 6.07) is 0. The summed E-state index contributed by atoms with van der Waals surface area (Å²) in [6.45, 7) is 0. The number of hydrogen-bond donors (Lipinski definition) is 1. The third kappa shape index (κ3) is 10.2. The molecule has 0 saturated carbocycles. The van der Waals surface area contributed by atoms with E-state index < -0.39 is 0 Å². The molecular formula is H3MnNiOS. The van der Waals surface area contributed by atoms with Gasteiger partial charge in [-0.3, -0.25) is 0 Å². The first-order valence-electron chi connectivity index (χ1n) is 0.141. The van der Waals surface area contributed by atoms with Crippen molar-refractivity contribution in [1.82, 2.24) is 0 Å². The van der Waals surface area contributed by atoms with Crippen LogP contribution in [0.5, 0.6) is 0 Å². The summed E-state index contributed by atoms with van der Waals surface area (Å²) in [5, 5.41) is 0. The van der Waals surface area contributed by atoms with Gasteiger partial charge in [0.05, 0.1) is 0 Å². The van der Waals surface area contributed by atoms with Crippen molar-refractivity contribution in [3.8, 4) is 0 Å². The van der Waals surface area contributed by atoms with E-state index >= 15 is 0 Å². The van der Waals surface area contributed by atoms with Crippen molar-refractivity contribution in [1.29, 1.82) is 0 Å². The van der Waals surface area contributed by atoms with Crippen molar-refractivity contribution in [2.75, 3.05) is 0 Å². The molecule has 32 valence electrons. The van der Waals surface area contributed by atoms with Gasteiger partial charge in [-0.1, -0.05) is 0 Å². The summed E-state index contributed by atoms with van der Waals surface area (Å²) >= 11 is 2.88.